The summed E-state index contributed by atoms with van der Waals surface area (Å²) >= 11 is 1.81. The first kappa shape index (κ1) is 17.8. The minimum Gasteiger partial charge on any atom is -0.411 e. The van der Waals surface area contributed by atoms with Gasteiger partial charge < -0.3 is 15.0 Å². The van der Waals surface area contributed by atoms with Gasteiger partial charge in [0.2, 0.25) is 0 Å². The fraction of sp³-hybridized carbons (Fsp3) is 0.350. The van der Waals surface area contributed by atoms with E-state index in [2.05, 4.69) is 71.5 Å². The molecule has 5 heteroatoms. The van der Waals surface area contributed by atoms with Crippen molar-refractivity contribution >= 4 is 28.8 Å². The molecule has 0 bridgehead atoms. The van der Waals surface area contributed by atoms with Gasteiger partial charge in [-0.25, -0.2) is 0 Å². The van der Waals surface area contributed by atoms with Crippen LogP contribution in [0, 0.1) is 0 Å². The van der Waals surface area contributed by atoms with Crippen molar-refractivity contribution in [2.24, 2.45) is 5.16 Å². The van der Waals surface area contributed by atoms with Crippen LogP contribution < -0.4 is 4.90 Å². The molecule has 1 heterocycles. The fourth-order valence-corrected chi connectivity index (χ4v) is 4.20. The van der Waals surface area contributed by atoms with E-state index < -0.39 is 0 Å². The molecule has 2 aromatic rings. The van der Waals surface area contributed by atoms with Gasteiger partial charge in [-0.15, -0.1) is 0 Å². The standard InChI is InChI=1S/C20H25N3OS/c1-4-16(21-24)15-10-11-20-18(14-15)23(13-7-12-22(2)3)17-8-5-6-9-19(17)25-20/h5-6,8-11,14,24H,4,7,12-13H2,1-3H3/b21-16+. The molecule has 0 spiro atoms. The number of nitrogens with zero attached hydrogens (tertiary/aromatic N) is 3. The highest BCUT2D eigenvalue weighted by Crippen LogP contribution is 2.48. The van der Waals surface area contributed by atoms with Crippen molar-refractivity contribution < 1.29 is 5.21 Å². The summed E-state index contributed by atoms with van der Waals surface area (Å²) in [5, 5.41) is 12.7. The van der Waals surface area contributed by atoms with Crippen LogP contribution in [0.5, 0.6) is 0 Å². The summed E-state index contributed by atoms with van der Waals surface area (Å²) in [6.45, 7) is 4.02. The molecule has 0 saturated carbocycles. The van der Waals surface area contributed by atoms with Crippen molar-refractivity contribution in [3.8, 4) is 0 Å². The van der Waals surface area contributed by atoms with Gasteiger partial charge in [0.05, 0.1) is 17.1 Å². The molecule has 0 fully saturated rings. The maximum absolute atomic E-state index is 9.27. The molecular weight excluding hydrogens is 330 g/mol. The third-order valence-electron chi connectivity index (χ3n) is 4.40. The molecule has 0 amide bonds. The van der Waals surface area contributed by atoms with Gasteiger partial charge in [-0.1, -0.05) is 42.0 Å². The highest BCUT2D eigenvalue weighted by atomic mass is 32.2. The van der Waals surface area contributed by atoms with E-state index in [4.69, 9.17) is 0 Å². The van der Waals surface area contributed by atoms with Crippen molar-refractivity contribution in [2.75, 3.05) is 32.1 Å². The van der Waals surface area contributed by atoms with E-state index in [0.29, 0.717) is 6.42 Å². The third-order valence-corrected chi connectivity index (χ3v) is 5.53. The molecule has 1 aliphatic rings. The molecule has 1 N–H and O–H groups in total. The second-order valence-corrected chi connectivity index (χ2v) is 7.54. The van der Waals surface area contributed by atoms with Crippen molar-refractivity contribution in [3.05, 3.63) is 48.0 Å². The zero-order chi connectivity index (χ0) is 17.8. The van der Waals surface area contributed by atoms with Gasteiger partial charge in [0.15, 0.2) is 0 Å². The van der Waals surface area contributed by atoms with Crippen molar-refractivity contribution in [1.82, 2.24) is 4.90 Å². The number of para-hydroxylation sites is 1. The summed E-state index contributed by atoms with van der Waals surface area (Å²) in [6, 6.07) is 14.9. The molecular formula is C20H25N3OS. The average molecular weight is 356 g/mol. The lowest BCUT2D eigenvalue weighted by molar-refractivity contribution is 0.318. The Bertz CT molecular complexity index is 773. The second-order valence-electron chi connectivity index (χ2n) is 6.46. The molecule has 4 nitrogen and oxygen atoms in total. The summed E-state index contributed by atoms with van der Waals surface area (Å²) in [5.74, 6) is 0. The van der Waals surface area contributed by atoms with Gasteiger partial charge >= 0.3 is 0 Å². The Kier molecular flexibility index (Phi) is 5.66. The largest absolute Gasteiger partial charge is 0.411 e. The van der Waals surface area contributed by atoms with Crippen molar-refractivity contribution in [3.63, 3.8) is 0 Å². The van der Waals surface area contributed by atoms with Gasteiger partial charge in [0.1, 0.15) is 0 Å². The van der Waals surface area contributed by atoms with Gasteiger partial charge in [-0.2, -0.15) is 0 Å². The first-order chi connectivity index (χ1) is 12.1. The Morgan fingerprint density at radius 3 is 2.60 bits per heavy atom. The number of oxime groups is 1. The summed E-state index contributed by atoms with van der Waals surface area (Å²) < 4.78 is 0. The van der Waals surface area contributed by atoms with E-state index in [1.165, 1.54) is 21.2 Å². The number of fused-ring (bicyclic) bond motifs is 2. The highest BCUT2D eigenvalue weighted by Gasteiger charge is 2.23. The van der Waals surface area contributed by atoms with Crippen LogP contribution >= 0.6 is 11.8 Å². The number of benzene rings is 2. The first-order valence-electron chi connectivity index (χ1n) is 8.68. The lowest BCUT2D eigenvalue weighted by Gasteiger charge is -2.33. The SMILES string of the molecule is CC/C(=N\O)c1ccc2c(c1)N(CCCN(C)C)c1ccccc1S2. The van der Waals surface area contributed by atoms with Crippen LogP contribution in [0.15, 0.2) is 57.4 Å². The minimum atomic E-state index is 0.708. The van der Waals surface area contributed by atoms with Crippen LogP contribution in [0.25, 0.3) is 0 Å². The molecule has 0 aliphatic carbocycles. The van der Waals surface area contributed by atoms with Crippen LogP contribution in [0.4, 0.5) is 11.4 Å². The maximum atomic E-state index is 9.27. The summed E-state index contributed by atoms with van der Waals surface area (Å²) in [6.07, 6.45) is 1.80. The Hall–Kier alpha value is -1.98. The second kappa shape index (κ2) is 7.93. The van der Waals surface area contributed by atoms with Gasteiger partial charge in [0.25, 0.3) is 0 Å². The van der Waals surface area contributed by atoms with Crippen molar-refractivity contribution in [1.29, 1.82) is 0 Å². The third kappa shape index (κ3) is 3.83. The molecule has 0 radical (unpaired) electrons. The maximum Gasteiger partial charge on any atom is 0.0865 e. The molecule has 0 aromatic heterocycles. The Labute approximate surface area is 154 Å². The first-order valence-corrected chi connectivity index (χ1v) is 9.50. The van der Waals surface area contributed by atoms with Crippen LogP contribution in [0.2, 0.25) is 0 Å². The Morgan fingerprint density at radius 1 is 1.12 bits per heavy atom. The number of anilines is 2. The molecule has 0 saturated heterocycles. The van der Waals surface area contributed by atoms with E-state index in [1.807, 2.05) is 18.7 Å². The Morgan fingerprint density at radius 2 is 1.88 bits per heavy atom. The van der Waals surface area contributed by atoms with Crippen LogP contribution in [-0.2, 0) is 0 Å². The normalized spacial score (nSPS) is 13.8. The van der Waals surface area contributed by atoms with Crippen molar-refractivity contribution in [2.45, 2.75) is 29.6 Å². The predicted molar refractivity (Wildman–Crippen MR) is 106 cm³/mol. The molecule has 2 aromatic carbocycles. The van der Waals surface area contributed by atoms with E-state index >= 15 is 0 Å². The van der Waals surface area contributed by atoms with Gasteiger partial charge in [0, 0.05) is 21.9 Å². The lowest BCUT2D eigenvalue weighted by Crippen LogP contribution is -2.25. The molecule has 0 unspecified atom stereocenters. The van der Waals surface area contributed by atoms with Crippen LogP contribution in [0.3, 0.4) is 0 Å². The summed E-state index contributed by atoms with van der Waals surface area (Å²) in [7, 11) is 4.22. The zero-order valence-corrected chi connectivity index (χ0v) is 15.9. The van der Waals surface area contributed by atoms with Crippen LogP contribution in [-0.4, -0.2) is 43.0 Å². The lowest BCUT2D eigenvalue weighted by atomic mass is 10.1. The molecule has 3 rings (SSSR count). The molecule has 25 heavy (non-hydrogen) atoms. The van der Waals surface area contributed by atoms with Gasteiger partial charge in [-0.05, 0) is 57.7 Å². The summed E-state index contributed by atoms with van der Waals surface area (Å²) in [4.78, 5) is 7.16. The summed E-state index contributed by atoms with van der Waals surface area (Å²) in [5.41, 5.74) is 4.17. The van der Waals surface area contributed by atoms with Gasteiger partial charge in [-0.3, -0.25) is 0 Å². The smallest absolute Gasteiger partial charge is 0.0865 e. The fourth-order valence-electron chi connectivity index (χ4n) is 3.13. The minimum absolute atomic E-state index is 0.708. The topological polar surface area (TPSA) is 39.1 Å². The zero-order valence-electron chi connectivity index (χ0n) is 15.1. The van der Waals surface area contributed by atoms with E-state index in [9.17, 15) is 5.21 Å². The highest BCUT2D eigenvalue weighted by molar-refractivity contribution is 7.99. The number of hydrogen-bond acceptors (Lipinski definition) is 5. The molecule has 1 aliphatic heterocycles. The van der Waals surface area contributed by atoms with E-state index in [0.717, 1.165) is 30.8 Å². The molecule has 0 atom stereocenters. The quantitative estimate of drug-likeness (QED) is 0.458. The number of rotatable bonds is 6. The average Bonchev–Trinajstić information content (AvgIpc) is 2.62. The number of hydrogen-bond donors (Lipinski definition) is 1. The predicted octanol–water partition coefficient (Wildman–Crippen LogP) is 4.83. The Balaban J connectivity index is 1.99. The van der Waals surface area contributed by atoms with Crippen LogP contribution in [0.1, 0.15) is 25.3 Å². The monoisotopic (exact) mass is 355 g/mol. The molecule has 132 valence electrons. The van der Waals surface area contributed by atoms with E-state index in [1.54, 1.807) is 0 Å². The van der Waals surface area contributed by atoms with E-state index in [-0.39, 0.29) is 0 Å².